The van der Waals surface area contributed by atoms with Crippen LogP contribution in [0.4, 0.5) is 0 Å². The first-order valence-corrected chi connectivity index (χ1v) is 5.90. The van der Waals surface area contributed by atoms with Gasteiger partial charge in [0.05, 0.1) is 25.9 Å². The third kappa shape index (κ3) is 3.22. The fourth-order valence-electron chi connectivity index (χ4n) is 2.07. The summed E-state index contributed by atoms with van der Waals surface area (Å²) in [6.07, 6.45) is -5.84. The van der Waals surface area contributed by atoms with Gasteiger partial charge in [-0.05, 0) is 0 Å². The number of hydrogen-bond acceptors (Lipinski definition) is 8. The molecule has 0 bridgehead atoms. The van der Waals surface area contributed by atoms with Crippen LogP contribution in [0, 0.1) is 5.92 Å². The highest BCUT2D eigenvalue weighted by atomic mass is 16.7. The predicted molar refractivity (Wildman–Crippen MR) is 60.7 cm³/mol. The van der Waals surface area contributed by atoms with E-state index in [-0.39, 0.29) is 0 Å². The maximum atomic E-state index is 11.4. The minimum atomic E-state index is -2.39. The maximum absolute atomic E-state index is 11.4. The van der Waals surface area contributed by atoms with Crippen LogP contribution in [0.1, 0.15) is 13.3 Å². The molecule has 0 amide bonds. The fraction of sp³-hybridized carbons (Fsp3) is 0.909. The molecule has 8 heteroatoms. The molecule has 1 aliphatic rings. The van der Waals surface area contributed by atoms with Gasteiger partial charge in [-0.3, -0.25) is 0 Å². The molecule has 1 fully saturated rings. The summed E-state index contributed by atoms with van der Waals surface area (Å²) < 4.78 is 9.47. The number of rotatable bonds is 4. The van der Waals surface area contributed by atoms with Crippen LogP contribution in [0.3, 0.4) is 0 Å². The van der Waals surface area contributed by atoms with Crippen LogP contribution in [-0.2, 0) is 14.3 Å². The van der Waals surface area contributed by atoms with Crippen LogP contribution >= 0.6 is 0 Å². The fourth-order valence-corrected chi connectivity index (χ4v) is 2.07. The first kappa shape index (κ1) is 16.3. The van der Waals surface area contributed by atoms with Gasteiger partial charge in [0.2, 0.25) is 0 Å². The van der Waals surface area contributed by atoms with Gasteiger partial charge in [-0.2, -0.15) is 0 Å². The van der Waals surface area contributed by atoms with Gasteiger partial charge in [0, 0.05) is 12.3 Å². The van der Waals surface area contributed by atoms with Gasteiger partial charge in [-0.15, -0.1) is 0 Å². The molecule has 0 aromatic rings. The second kappa shape index (κ2) is 6.12. The van der Waals surface area contributed by atoms with Crippen LogP contribution in [-0.4, -0.2) is 75.4 Å². The molecule has 0 saturated carbocycles. The Balaban J connectivity index is 2.94. The van der Waals surface area contributed by atoms with E-state index >= 15 is 0 Å². The molecule has 1 saturated heterocycles. The lowest BCUT2D eigenvalue weighted by atomic mass is 9.85. The summed E-state index contributed by atoms with van der Waals surface area (Å²) in [5.74, 6) is -4.14. The largest absolute Gasteiger partial charge is 0.465 e. The molecule has 19 heavy (non-hydrogen) atoms. The Kier molecular flexibility index (Phi) is 5.25. The van der Waals surface area contributed by atoms with E-state index in [9.17, 15) is 25.2 Å². The normalized spacial score (nSPS) is 38.6. The SMILES string of the molecule is COC(=O)[C@]1(O)C[C@H](O)[C@@H](C)[C@H]([C@H](O)[C@H](O)CO)O1. The molecule has 0 radical (unpaired) electrons. The number of esters is 1. The van der Waals surface area contributed by atoms with Crippen LogP contribution in [0.15, 0.2) is 0 Å². The third-order valence-corrected chi connectivity index (χ3v) is 3.36. The highest BCUT2D eigenvalue weighted by molar-refractivity contribution is 5.77. The molecule has 6 atom stereocenters. The van der Waals surface area contributed by atoms with Crippen molar-refractivity contribution in [1.29, 1.82) is 0 Å². The molecule has 0 aliphatic carbocycles. The molecule has 0 unspecified atom stereocenters. The molecule has 0 spiro atoms. The molecular formula is C11H20O8. The first-order chi connectivity index (χ1) is 8.76. The smallest absolute Gasteiger partial charge is 0.366 e. The highest BCUT2D eigenvalue weighted by Crippen LogP contribution is 2.34. The van der Waals surface area contributed by atoms with Crippen molar-refractivity contribution in [2.24, 2.45) is 5.92 Å². The van der Waals surface area contributed by atoms with E-state index in [1.807, 2.05) is 0 Å². The Bertz CT molecular complexity index is 322. The maximum Gasteiger partial charge on any atom is 0.366 e. The van der Waals surface area contributed by atoms with E-state index in [1.165, 1.54) is 6.92 Å². The molecule has 112 valence electrons. The molecule has 1 aliphatic heterocycles. The minimum Gasteiger partial charge on any atom is -0.465 e. The van der Waals surface area contributed by atoms with Gasteiger partial charge in [0.25, 0.3) is 5.79 Å². The topological polar surface area (TPSA) is 137 Å². The minimum absolute atomic E-state index is 0.403. The van der Waals surface area contributed by atoms with Gasteiger partial charge >= 0.3 is 5.97 Å². The van der Waals surface area contributed by atoms with Gasteiger partial charge < -0.3 is 35.0 Å². The van der Waals surface area contributed by atoms with Gasteiger partial charge in [0.15, 0.2) is 0 Å². The number of carbonyl (C=O) groups is 1. The Morgan fingerprint density at radius 1 is 1.53 bits per heavy atom. The molecule has 0 aromatic carbocycles. The monoisotopic (exact) mass is 280 g/mol. The highest BCUT2D eigenvalue weighted by Gasteiger charge is 2.52. The van der Waals surface area contributed by atoms with Crippen molar-refractivity contribution in [1.82, 2.24) is 0 Å². The predicted octanol–water partition coefficient (Wildman–Crippen LogP) is -2.65. The van der Waals surface area contributed by atoms with E-state index < -0.39 is 55.1 Å². The zero-order chi connectivity index (χ0) is 14.8. The summed E-state index contributed by atoms with van der Waals surface area (Å²) >= 11 is 0. The van der Waals surface area contributed by atoms with E-state index in [0.717, 1.165) is 7.11 Å². The van der Waals surface area contributed by atoms with Crippen molar-refractivity contribution < 1.29 is 39.8 Å². The zero-order valence-corrected chi connectivity index (χ0v) is 10.8. The summed E-state index contributed by atoms with van der Waals surface area (Å²) in [5.41, 5.74) is 0. The van der Waals surface area contributed by atoms with Crippen molar-refractivity contribution in [3.63, 3.8) is 0 Å². The lowest BCUT2D eigenvalue weighted by Crippen LogP contribution is -2.60. The number of aliphatic hydroxyl groups excluding tert-OH is 4. The molecule has 0 aromatic heterocycles. The van der Waals surface area contributed by atoms with E-state index in [4.69, 9.17) is 9.84 Å². The van der Waals surface area contributed by atoms with Crippen molar-refractivity contribution in [3.8, 4) is 0 Å². The van der Waals surface area contributed by atoms with E-state index in [2.05, 4.69) is 4.74 Å². The summed E-state index contributed by atoms with van der Waals surface area (Å²) in [6, 6.07) is 0. The quantitative estimate of drug-likeness (QED) is 0.352. The van der Waals surface area contributed by atoms with Crippen LogP contribution in [0.2, 0.25) is 0 Å². The third-order valence-electron chi connectivity index (χ3n) is 3.36. The van der Waals surface area contributed by atoms with Crippen molar-refractivity contribution in [2.75, 3.05) is 13.7 Å². The average molecular weight is 280 g/mol. The number of methoxy groups -OCH3 is 1. The van der Waals surface area contributed by atoms with E-state index in [1.54, 1.807) is 0 Å². The molecule has 1 heterocycles. The standard InChI is InChI=1S/C11H20O8/c1-5-6(13)3-11(17,10(16)18-2)19-9(5)8(15)7(14)4-12/h5-9,12-15,17H,3-4H2,1-2H3/t5-,6+,7-,8-,9-,11+/m1/s1. The lowest BCUT2D eigenvalue weighted by Gasteiger charge is -2.43. The molecule has 5 N–H and O–H groups in total. The summed E-state index contributed by atoms with van der Waals surface area (Å²) in [6.45, 7) is 0.806. The van der Waals surface area contributed by atoms with Crippen molar-refractivity contribution in [3.05, 3.63) is 0 Å². The van der Waals surface area contributed by atoms with Gasteiger partial charge in [0.1, 0.15) is 12.2 Å². The summed E-state index contributed by atoms with van der Waals surface area (Å²) in [4.78, 5) is 11.4. The Labute approximate surface area is 110 Å². The number of carbonyl (C=O) groups excluding carboxylic acids is 1. The van der Waals surface area contributed by atoms with Crippen LogP contribution in [0.5, 0.6) is 0 Å². The number of aliphatic hydroxyl groups is 5. The van der Waals surface area contributed by atoms with E-state index in [0.29, 0.717) is 0 Å². The van der Waals surface area contributed by atoms with Crippen LogP contribution < -0.4 is 0 Å². The van der Waals surface area contributed by atoms with Crippen molar-refractivity contribution in [2.45, 2.75) is 43.5 Å². The number of hydrogen-bond donors (Lipinski definition) is 5. The lowest BCUT2D eigenvalue weighted by molar-refractivity contribution is -0.303. The second-order valence-electron chi connectivity index (χ2n) is 4.73. The van der Waals surface area contributed by atoms with Crippen molar-refractivity contribution >= 4 is 5.97 Å². The summed E-state index contributed by atoms with van der Waals surface area (Å²) in [7, 11) is 1.04. The Morgan fingerprint density at radius 2 is 2.11 bits per heavy atom. The molecule has 1 rings (SSSR count). The summed E-state index contributed by atoms with van der Waals surface area (Å²) in [5, 5.41) is 47.8. The first-order valence-electron chi connectivity index (χ1n) is 5.90. The zero-order valence-electron chi connectivity index (χ0n) is 10.8. The van der Waals surface area contributed by atoms with Gasteiger partial charge in [-0.25, -0.2) is 4.79 Å². The van der Waals surface area contributed by atoms with Crippen LogP contribution in [0.25, 0.3) is 0 Å². The van der Waals surface area contributed by atoms with Gasteiger partial charge in [-0.1, -0.05) is 6.92 Å². The Morgan fingerprint density at radius 3 is 2.58 bits per heavy atom. The molecular weight excluding hydrogens is 260 g/mol. The molecule has 8 nitrogen and oxygen atoms in total. The average Bonchev–Trinajstić information content (AvgIpc) is 2.40. The second-order valence-corrected chi connectivity index (χ2v) is 4.73. The number of ether oxygens (including phenoxy) is 2. The Hall–Kier alpha value is -0.770.